The Morgan fingerprint density at radius 2 is 0.884 bits per heavy atom. The van der Waals surface area contributed by atoms with E-state index in [1.165, 1.54) is 0 Å². The van der Waals surface area contributed by atoms with Crippen molar-refractivity contribution in [3.8, 4) is 17.2 Å². The second kappa shape index (κ2) is 19.6. The Morgan fingerprint density at radius 3 is 1.21 bits per heavy atom. The van der Waals surface area contributed by atoms with E-state index in [1.807, 2.05) is 117 Å². The third-order valence-electron chi connectivity index (χ3n) is 5.60. The molecule has 43 heavy (non-hydrogen) atoms. The van der Waals surface area contributed by atoms with Crippen LogP contribution in [0, 0.1) is 0 Å². The van der Waals surface area contributed by atoms with E-state index >= 15 is 0 Å². The first kappa shape index (κ1) is 33.0. The lowest BCUT2D eigenvalue weighted by Gasteiger charge is -2.17. The van der Waals surface area contributed by atoms with Crippen LogP contribution in [0.3, 0.4) is 0 Å². The molecular formula is C36H37O6P. The van der Waals surface area contributed by atoms with Crippen molar-refractivity contribution >= 4 is 14.4 Å². The quantitative estimate of drug-likeness (QED) is 0.121. The number of para-hydroxylation sites is 3. The highest BCUT2D eigenvalue weighted by molar-refractivity contribution is 7.43. The molecule has 1 N–H and O–H groups in total. The van der Waals surface area contributed by atoms with Gasteiger partial charge in [-0.15, -0.1) is 0 Å². The molecule has 0 fully saturated rings. The van der Waals surface area contributed by atoms with E-state index in [-0.39, 0.29) is 5.78 Å². The van der Waals surface area contributed by atoms with E-state index in [0.717, 1.165) is 13.2 Å². The second-order valence-electron chi connectivity index (χ2n) is 8.76. The number of rotatable bonds is 11. The van der Waals surface area contributed by atoms with Crippen molar-refractivity contribution in [1.82, 2.24) is 0 Å². The summed E-state index contributed by atoms with van der Waals surface area (Å²) in [5, 5.41) is 9.89. The Hall–Kier alpha value is -4.48. The average molecular weight is 597 g/mol. The summed E-state index contributed by atoms with van der Waals surface area (Å²) in [4.78, 5) is 11.9. The van der Waals surface area contributed by atoms with Crippen LogP contribution >= 0.6 is 8.60 Å². The number of benzene rings is 5. The zero-order valence-corrected chi connectivity index (χ0v) is 25.3. The molecule has 0 aliphatic heterocycles. The molecule has 0 heterocycles. The number of hydrogen-bond acceptors (Lipinski definition) is 6. The van der Waals surface area contributed by atoms with Crippen LogP contribution in [0.5, 0.6) is 17.2 Å². The van der Waals surface area contributed by atoms with E-state index in [0.29, 0.717) is 28.4 Å². The summed E-state index contributed by atoms with van der Waals surface area (Å²) in [7, 11) is -1.59. The van der Waals surface area contributed by atoms with E-state index in [2.05, 4.69) is 0 Å². The summed E-state index contributed by atoms with van der Waals surface area (Å²) >= 11 is 0. The fourth-order valence-electron chi connectivity index (χ4n) is 3.51. The molecule has 0 aliphatic carbocycles. The monoisotopic (exact) mass is 596 g/mol. The lowest BCUT2D eigenvalue weighted by atomic mass is 10.0. The van der Waals surface area contributed by atoms with E-state index in [4.69, 9.17) is 18.3 Å². The molecule has 0 saturated heterocycles. The van der Waals surface area contributed by atoms with Crippen LogP contribution in [0.4, 0.5) is 0 Å². The Morgan fingerprint density at radius 1 is 0.558 bits per heavy atom. The van der Waals surface area contributed by atoms with Gasteiger partial charge in [-0.3, -0.25) is 4.79 Å². The molecule has 1 atom stereocenters. The fourth-order valence-corrected chi connectivity index (χ4v) is 4.50. The zero-order chi connectivity index (χ0) is 30.5. The normalized spacial score (nSPS) is 10.7. The molecule has 5 aromatic rings. The smallest absolute Gasteiger partial charge is 0.409 e. The van der Waals surface area contributed by atoms with Gasteiger partial charge < -0.3 is 23.4 Å². The van der Waals surface area contributed by atoms with Crippen molar-refractivity contribution in [3.63, 3.8) is 0 Å². The third kappa shape index (κ3) is 12.5. The van der Waals surface area contributed by atoms with Crippen LogP contribution in [-0.4, -0.2) is 24.1 Å². The average Bonchev–Trinajstić information content (AvgIpc) is 3.07. The van der Waals surface area contributed by atoms with Crippen LogP contribution in [0.2, 0.25) is 0 Å². The number of aliphatic hydroxyl groups is 1. The van der Waals surface area contributed by atoms with Crippen LogP contribution in [0.25, 0.3) is 0 Å². The van der Waals surface area contributed by atoms with E-state index in [9.17, 15) is 9.90 Å². The number of aliphatic hydroxyl groups excluding tert-OH is 1. The molecule has 5 aromatic carbocycles. The highest BCUT2D eigenvalue weighted by Gasteiger charge is 2.20. The largest absolute Gasteiger partial charge is 0.530 e. The lowest BCUT2D eigenvalue weighted by Crippen LogP contribution is -2.11. The van der Waals surface area contributed by atoms with Gasteiger partial charge in [0.2, 0.25) is 0 Å². The van der Waals surface area contributed by atoms with Crippen molar-refractivity contribution in [2.75, 3.05) is 13.2 Å². The Labute approximate surface area is 255 Å². The summed E-state index contributed by atoms with van der Waals surface area (Å²) in [6.07, 6.45) is -1.08. The van der Waals surface area contributed by atoms with Gasteiger partial charge in [0.25, 0.3) is 0 Å². The van der Waals surface area contributed by atoms with Crippen LogP contribution in [-0.2, 0) is 4.74 Å². The second-order valence-corrected chi connectivity index (χ2v) is 9.76. The van der Waals surface area contributed by atoms with E-state index in [1.54, 1.807) is 48.5 Å². The first-order valence-corrected chi connectivity index (χ1v) is 15.1. The number of ether oxygens (including phenoxy) is 1. The number of ketones is 1. The molecule has 0 aromatic heterocycles. The fraction of sp³-hybridized carbons (Fsp3) is 0.139. The molecule has 1 unspecified atom stereocenters. The molecule has 0 saturated carbocycles. The maximum Gasteiger partial charge on any atom is 0.530 e. The maximum absolute atomic E-state index is 11.9. The first-order valence-electron chi connectivity index (χ1n) is 14.0. The SMILES string of the molecule is CCOCC.O=C(c1ccccc1)C(O)c1ccccc1.c1ccc(OP(Oc2ccccc2)Oc2ccccc2)cc1. The molecule has 6 nitrogen and oxygen atoms in total. The highest BCUT2D eigenvalue weighted by atomic mass is 31.2. The predicted molar refractivity (Wildman–Crippen MR) is 172 cm³/mol. The first-order chi connectivity index (χ1) is 21.1. The van der Waals surface area contributed by atoms with Crippen molar-refractivity contribution in [2.24, 2.45) is 0 Å². The Kier molecular flexibility index (Phi) is 15.1. The van der Waals surface area contributed by atoms with Crippen molar-refractivity contribution < 1.29 is 28.2 Å². The van der Waals surface area contributed by atoms with Gasteiger partial charge >= 0.3 is 8.60 Å². The van der Waals surface area contributed by atoms with Crippen LogP contribution in [0.1, 0.15) is 35.9 Å². The number of carbonyl (C=O) groups excluding carboxylic acids is 1. The minimum absolute atomic E-state index is 0.271. The minimum Gasteiger partial charge on any atom is -0.409 e. The molecule has 0 bridgehead atoms. The van der Waals surface area contributed by atoms with Gasteiger partial charge in [-0.05, 0) is 55.8 Å². The zero-order valence-electron chi connectivity index (χ0n) is 24.4. The lowest BCUT2D eigenvalue weighted by molar-refractivity contribution is 0.0747. The summed E-state index contributed by atoms with van der Waals surface area (Å²) in [5.41, 5.74) is 1.15. The van der Waals surface area contributed by atoms with Gasteiger partial charge in [0.1, 0.15) is 23.4 Å². The number of carbonyl (C=O) groups is 1. The van der Waals surface area contributed by atoms with Crippen molar-refractivity contribution in [2.45, 2.75) is 20.0 Å². The summed E-state index contributed by atoms with van der Waals surface area (Å²) < 4.78 is 22.4. The van der Waals surface area contributed by atoms with Gasteiger partial charge in [-0.1, -0.05) is 115 Å². The molecule has 0 amide bonds. The molecule has 7 heteroatoms. The third-order valence-corrected chi connectivity index (χ3v) is 6.68. The van der Waals surface area contributed by atoms with Gasteiger partial charge in [0.15, 0.2) is 5.78 Å². The predicted octanol–water partition coefficient (Wildman–Crippen LogP) is 9.10. The topological polar surface area (TPSA) is 74.2 Å². The molecule has 5 rings (SSSR count). The summed E-state index contributed by atoms with van der Waals surface area (Å²) in [6, 6.07) is 46.3. The summed E-state index contributed by atoms with van der Waals surface area (Å²) in [5.74, 6) is 1.85. The molecule has 0 aliphatic rings. The number of Topliss-reactive ketones (excluding diaryl/α,β-unsaturated/α-hetero) is 1. The molecule has 222 valence electrons. The maximum atomic E-state index is 11.9. The van der Waals surface area contributed by atoms with Crippen molar-refractivity contribution in [3.05, 3.63) is 163 Å². The van der Waals surface area contributed by atoms with Crippen LogP contribution < -0.4 is 13.6 Å². The van der Waals surface area contributed by atoms with Crippen LogP contribution in [0.15, 0.2) is 152 Å². The molecular weight excluding hydrogens is 559 g/mol. The van der Waals surface area contributed by atoms with Gasteiger partial charge in [0, 0.05) is 18.8 Å². The van der Waals surface area contributed by atoms with Gasteiger partial charge in [-0.2, -0.15) is 0 Å². The molecule has 0 radical (unpaired) electrons. The Bertz CT molecular complexity index is 1300. The highest BCUT2D eigenvalue weighted by Crippen LogP contribution is 2.41. The standard InChI is InChI=1S/C18H15O3P.C14H12O2.C4H10O/c1-4-10-16(11-5-1)19-22(20-17-12-6-2-7-13-17)21-18-14-8-3-9-15-18;15-13(11-7-3-1-4-8-11)14(16)12-9-5-2-6-10-12;1-3-5-4-2/h1-15H;1-10,13,15H;3-4H2,1-2H3. The van der Waals surface area contributed by atoms with Gasteiger partial charge in [0.05, 0.1) is 0 Å². The number of hydrogen-bond donors (Lipinski definition) is 1. The van der Waals surface area contributed by atoms with Gasteiger partial charge in [-0.25, -0.2) is 0 Å². The van der Waals surface area contributed by atoms with E-state index < -0.39 is 14.7 Å². The Balaban J connectivity index is 0.000000211. The summed E-state index contributed by atoms with van der Waals surface area (Å²) in [6.45, 7) is 5.67. The van der Waals surface area contributed by atoms with Crippen molar-refractivity contribution in [1.29, 1.82) is 0 Å². The molecule has 0 spiro atoms. The minimum atomic E-state index is -1.59.